The van der Waals surface area contributed by atoms with E-state index in [9.17, 15) is 4.79 Å². The van der Waals surface area contributed by atoms with E-state index in [1.165, 1.54) is 0 Å². The summed E-state index contributed by atoms with van der Waals surface area (Å²) >= 11 is 7.58. The molecule has 1 aliphatic heterocycles. The fraction of sp³-hybridized carbons (Fsp3) is 0.0476. The van der Waals surface area contributed by atoms with E-state index in [-0.39, 0.29) is 5.91 Å². The molecule has 0 radical (unpaired) electrons. The summed E-state index contributed by atoms with van der Waals surface area (Å²) in [6.07, 6.45) is 1.83. The van der Waals surface area contributed by atoms with Crippen molar-refractivity contribution >= 4 is 46.4 Å². The van der Waals surface area contributed by atoms with Gasteiger partial charge in [0.05, 0.1) is 5.69 Å². The van der Waals surface area contributed by atoms with Crippen molar-refractivity contribution in [3.05, 3.63) is 92.8 Å². The van der Waals surface area contributed by atoms with Crippen LogP contribution in [0.4, 0.5) is 5.69 Å². The number of anilines is 1. The Morgan fingerprint density at radius 3 is 2.42 bits per heavy atom. The molecule has 4 rings (SSSR count). The van der Waals surface area contributed by atoms with Crippen LogP contribution in [0.15, 0.2) is 76.7 Å². The standard InChI is InChI=1S/C21H15ClN2OS/c1-14-4-6-15(7-5-14)20-23-19(13-18-3-2-12-26-18)21(25)24(20)17-10-8-16(22)9-11-17/h2-13H,1H3/b19-13+. The molecule has 3 aromatic rings. The average Bonchev–Trinajstić information content (AvgIpc) is 3.26. The van der Waals surface area contributed by atoms with Gasteiger partial charge in [0.25, 0.3) is 5.91 Å². The van der Waals surface area contributed by atoms with Crippen molar-refractivity contribution in [2.45, 2.75) is 6.92 Å². The molecule has 0 spiro atoms. The monoisotopic (exact) mass is 378 g/mol. The number of rotatable bonds is 3. The zero-order valence-corrected chi connectivity index (χ0v) is 15.6. The number of thiophene rings is 1. The lowest BCUT2D eigenvalue weighted by atomic mass is 10.1. The molecule has 1 aliphatic rings. The lowest BCUT2D eigenvalue weighted by Crippen LogP contribution is -2.32. The van der Waals surface area contributed by atoms with Gasteiger partial charge in [-0.25, -0.2) is 4.99 Å². The van der Waals surface area contributed by atoms with Crippen molar-refractivity contribution in [2.24, 2.45) is 4.99 Å². The van der Waals surface area contributed by atoms with E-state index < -0.39 is 0 Å². The van der Waals surface area contributed by atoms with Crippen molar-refractivity contribution in [3.63, 3.8) is 0 Å². The Kier molecular flexibility index (Phi) is 4.45. The minimum Gasteiger partial charge on any atom is -0.266 e. The normalized spacial score (nSPS) is 15.6. The van der Waals surface area contributed by atoms with Gasteiger partial charge in [-0.3, -0.25) is 9.69 Å². The second-order valence-corrected chi connectivity index (χ2v) is 7.38. The summed E-state index contributed by atoms with van der Waals surface area (Å²) in [7, 11) is 0. The van der Waals surface area contributed by atoms with E-state index in [0.717, 1.165) is 21.7 Å². The Bertz CT molecular complexity index is 1000. The van der Waals surface area contributed by atoms with Crippen molar-refractivity contribution in [1.29, 1.82) is 0 Å². The molecule has 1 amide bonds. The third-order valence-corrected chi connectivity index (χ3v) is 5.15. The van der Waals surface area contributed by atoms with Gasteiger partial charge in [0.1, 0.15) is 11.5 Å². The molecule has 0 aliphatic carbocycles. The fourth-order valence-electron chi connectivity index (χ4n) is 2.75. The van der Waals surface area contributed by atoms with Crippen molar-refractivity contribution < 1.29 is 4.79 Å². The highest BCUT2D eigenvalue weighted by atomic mass is 35.5. The second kappa shape index (κ2) is 6.90. The molecule has 0 saturated heterocycles. The molecule has 26 heavy (non-hydrogen) atoms. The largest absolute Gasteiger partial charge is 0.282 e. The number of halogens is 1. The first-order valence-electron chi connectivity index (χ1n) is 8.13. The Morgan fingerprint density at radius 1 is 1.04 bits per heavy atom. The molecular formula is C21H15ClN2OS. The molecule has 0 N–H and O–H groups in total. The van der Waals surface area contributed by atoms with E-state index >= 15 is 0 Å². The molecule has 0 bridgehead atoms. The van der Waals surface area contributed by atoms with Gasteiger partial charge in [0, 0.05) is 15.5 Å². The van der Waals surface area contributed by atoms with Gasteiger partial charge in [-0.15, -0.1) is 11.3 Å². The van der Waals surface area contributed by atoms with E-state index in [2.05, 4.69) is 4.99 Å². The van der Waals surface area contributed by atoms with Crippen LogP contribution in [-0.2, 0) is 4.79 Å². The molecule has 0 saturated carbocycles. The number of amides is 1. The van der Waals surface area contributed by atoms with Crippen LogP contribution in [0.5, 0.6) is 0 Å². The summed E-state index contributed by atoms with van der Waals surface area (Å²) < 4.78 is 0. The second-order valence-electron chi connectivity index (χ2n) is 5.96. The number of hydrogen-bond donors (Lipinski definition) is 0. The number of aryl methyl sites for hydroxylation is 1. The summed E-state index contributed by atoms with van der Waals surface area (Å²) in [4.78, 5) is 20.4. The van der Waals surface area contributed by atoms with Crippen LogP contribution >= 0.6 is 22.9 Å². The van der Waals surface area contributed by atoms with Gasteiger partial charge < -0.3 is 0 Å². The molecule has 2 heterocycles. The molecule has 3 nitrogen and oxygen atoms in total. The van der Waals surface area contributed by atoms with Crippen LogP contribution in [0.1, 0.15) is 16.0 Å². The topological polar surface area (TPSA) is 32.7 Å². The van der Waals surface area contributed by atoms with E-state index in [1.54, 1.807) is 28.4 Å². The first-order chi connectivity index (χ1) is 12.6. The van der Waals surface area contributed by atoms with E-state index in [0.29, 0.717) is 16.6 Å². The molecular weight excluding hydrogens is 364 g/mol. The highest BCUT2D eigenvalue weighted by Crippen LogP contribution is 2.29. The van der Waals surface area contributed by atoms with Crippen LogP contribution in [0.3, 0.4) is 0 Å². The van der Waals surface area contributed by atoms with Gasteiger partial charge in [-0.1, -0.05) is 47.5 Å². The maximum absolute atomic E-state index is 13.1. The number of nitrogens with zero attached hydrogens (tertiary/aromatic N) is 2. The van der Waals surface area contributed by atoms with Gasteiger partial charge in [-0.2, -0.15) is 0 Å². The third-order valence-electron chi connectivity index (χ3n) is 4.08. The van der Waals surface area contributed by atoms with Gasteiger partial charge >= 0.3 is 0 Å². The lowest BCUT2D eigenvalue weighted by Gasteiger charge is -2.18. The molecule has 2 aromatic carbocycles. The first kappa shape index (κ1) is 16.8. The summed E-state index contributed by atoms with van der Waals surface area (Å²) in [5.41, 5.74) is 3.23. The Balaban J connectivity index is 1.82. The van der Waals surface area contributed by atoms with Gasteiger partial charge in [-0.05, 0) is 48.7 Å². The summed E-state index contributed by atoms with van der Waals surface area (Å²) in [5.74, 6) is 0.483. The Labute approximate surface area is 160 Å². The van der Waals surface area contributed by atoms with Crippen LogP contribution < -0.4 is 4.90 Å². The summed E-state index contributed by atoms with van der Waals surface area (Å²) in [6.45, 7) is 2.03. The zero-order chi connectivity index (χ0) is 18.1. The van der Waals surface area contributed by atoms with Gasteiger partial charge in [0.2, 0.25) is 0 Å². The van der Waals surface area contributed by atoms with Crippen molar-refractivity contribution in [3.8, 4) is 0 Å². The van der Waals surface area contributed by atoms with Crippen molar-refractivity contribution in [1.82, 2.24) is 0 Å². The average molecular weight is 379 g/mol. The van der Waals surface area contributed by atoms with Crippen LogP contribution in [0, 0.1) is 6.92 Å². The lowest BCUT2D eigenvalue weighted by molar-refractivity contribution is -0.113. The minimum absolute atomic E-state index is 0.142. The third kappa shape index (κ3) is 3.21. The molecule has 1 aromatic heterocycles. The Morgan fingerprint density at radius 2 is 1.77 bits per heavy atom. The molecule has 0 unspecified atom stereocenters. The predicted molar refractivity (Wildman–Crippen MR) is 109 cm³/mol. The maximum Gasteiger partial charge on any atom is 0.282 e. The molecule has 5 heteroatoms. The number of hydrogen-bond acceptors (Lipinski definition) is 3. The van der Waals surface area contributed by atoms with Gasteiger partial charge in [0.15, 0.2) is 0 Å². The first-order valence-corrected chi connectivity index (χ1v) is 9.38. The SMILES string of the molecule is Cc1ccc(C2=N/C(=C/c3cccs3)C(=O)N2c2ccc(Cl)cc2)cc1. The van der Waals surface area contributed by atoms with E-state index in [4.69, 9.17) is 11.6 Å². The number of carbonyl (C=O) groups is 1. The maximum atomic E-state index is 13.1. The Hall–Kier alpha value is -2.69. The summed E-state index contributed by atoms with van der Waals surface area (Å²) in [5, 5.41) is 2.61. The molecule has 128 valence electrons. The van der Waals surface area contributed by atoms with Crippen LogP contribution in [-0.4, -0.2) is 11.7 Å². The van der Waals surface area contributed by atoms with Crippen LogP contribution in [0.25, 0.3) is 6.08 Å². The molecule has 0 fully saturated rings. The summed E-state index contributed by atoms with van der Waals surface area (Å²) in [6, 6.07) is 19.1. The number of amidine groups is 1. The number of aliphatic imine (C=N–C) groups is 1. The smallest absolute Gasteiger partial charge is 0.266 e. The number of benzene rings is 2. The highest BCUT2D eigenvalue weighted by molar-refractivity contribution is 7.10. The minimum atomic E-state index is -0.142. The quantitative estimate of drug-likeness (QED) is 0.550. The zero-order valence-electron chi connectivity index (χ0n) is 14.0. The predicted octanol–water partition coefficient (Wildman–Crippen LogP) is 5.54. The van der Waals surface area contributed by atoms with Crippen LogP contribution in [0.2, 0.25) is 5.02 Å². The van der Waals surface area contributed by atoms with Crippen molar-refractivity contribution in [2.75, 3.05) is 4.90 Å². The molecule has 0 atom stereocenters. The fourth-order valence-corrected chi connectivity index (χ4v) is 3.53. The van der Waals surface area contributed by atoms with E-state index in [1.807, 2.05) is 66.9 Å². The number of carbonyl (C=O) groups excluding carboxylic acids is 1. The highest BCUT2D eigenvalue weighted by Gasteiger charge is 2.32.